The van der Waals surface area contributed by atoms with E-state index in [9.17, 15) is 5.11 Å². The molecule has 3 fully saturated rings. The fourth-order valence-corrected chi connectivity index (χ4v) is 4.37. The van der Waals surface area contributed by atoms with E-state index in [0.29, 0.717) is 17.8 Å². The highest BCUT2D eigenvalue weighted by molar-refractivity contribution is 5.85. The van der Waals surface area contributed by atoms with Crippen LogP contribution in [0.4, 0.5) is 11.4 Å². The third-order valence-corrected chi connectivity index (χ3v) is 5.41. The van der Waals surface area contributed by atoms with E-state index in [1.54, 1.807) is 0 Å². The summed E-state index contributed by atoms with van der Waals surface area (Å²) in [6.07, 6.45) is 9.17. The van der Waals surface area contributed by atoms with Crippen LogP contribution in [0.25, 0.3) is 0 Å². The lowest BCUT2D eigenvalue weighted by molar-refractivity contribution is 0.473. The van der Waals surface area contributed by atoms with Crippen molar-refractivity contribution in [2.24, 2.45) is 0 Å². The highest BCUT2D eigenvalue weighted by Crippen LogP contribution is 2.45. The smallest absolute Gasteiger partial charge is 0.139 e. The van der Waals surface area contributed by atoms with Gasteiger partial charge in [0, 0.05) is 30.9 Å². The first kappa shape index (κ1) is 17.6. The number of benzene rings is 1. The quantitative estimate of drug-likeness (QED) is 0.863. The second-order valence-electron chi connectivity index (χ2n) is 6.59. The van der Waals surface area contributed by atoms with E-state index in [4.69, 9.17) is 0 Å². The zero-order valence-corrected chi connectivity index (χ0v) is 14.5. The Labute approximate surface area is 145 Å². The van der Waals surface area contributed by atoms with Crippen LogP contribution in [0.15, 0.2) is 18.2 Å². The first-order valence-electron chi connectivity index (χ1n) is 8.19. The van der Waals surface area contributed by atoms with Crippen LogP contribution in [0, 0.1) is 0 Å². The summed E-state index contributed by atoms with van der Waals surface area (Å²) in [6.45, 7) is 2.33. The number of nitrogens with zero attached hydrogens (tertiary/aromatic N) is 2. The molecule has 0 amide bonds. The van der Waals surface area contributed by atoms with Gasteiger partial charge in [-0.25, -0.2) is 0 Å². The van der Waals surface area contributed by atoms with Crippen LogP contribution in [0.2, 0.25) is 0 Å². The Morgan fingerprint density at radius 3 is 2.05 bits per heavy atom. The molecular formula is C17H26Cl2N2O. The standard InChI is InChI=1S/C17H24N2O.2ClH/c20-17-9-8-15(18-10-2-1-3-11-18)12-16(17)19-13-4-5-14(19)7-6-13;;/h8-9,12-14,20H,1-7,10-11H2;2*1H. The highest BCUT2D eigenvalue weighted by Gasteiger charge is 2.40. The molecule has 1 aromatic rings. The van der Waals surface area contributed by atoms with Crippen LogP contribution in [-0.4, -0.2) is 30.3 Å². The van der Waals surface area contributed by atoms with Crippen molar-refractivity contribution < 1.29 is 5.11 Å². The van der Waals surface area contributed by atoms with Gasteiger partial charge in [-0.15, -0.1) is 24.8 Å². The van der Waals surface area contributed by atoms with Gasteiger partial charge < -0.3 is 14.9 Å². The summed E-state index contributed by atoms with van der Waals surface area (Å²) in [5.41, 5.74) is 2.38. The molecule has 0 aromatic heterocycles. The number of aromatic hydroxyl groups is 1. The lowest BCUT2D eigenvalue weighted by Gasteiger charge is -2.31. The molecule has 3 aliphatic rings. The molecule has 124 valence electrons. The molecule has 3 aliphatic heterocycles. The van der Waals surface area contributed by atoms with E-state index < -0.39 is 0 Å². The molecule has 2 bridgehead atoms. The Morgan fingerprint density at radius 2 is 1.45 bits per heavy atom. The zero-order valence-electron chi connectivity index (χ0n) is 12.9. The number of phenolic OH excluding ortho intramolecular Hbond substituents is 1. The van der Waals surface area contributed by atoms with E-state index in [1.807, 2.05) is 6.07 Å². The number of hydrogen-bond donors (Lipinski definition) is 1. The predicted molar refractivity (Wildman–Crippen MR) is 97.2 cm³/mol. The summed E-state index contributed by atoms with van der Waals surface area (Å²) in [5.74, 6) is 0.463. The van der Waals surface area contributed by atoms with Gasteiger partial charge >= 0.3 is 0 Å². The molecule has 1 N–H and O–H groups in total. The Morgan fingerprint density at radius 1 is 0.864 bits per heavy atom. The van der Waals surface area contributed by atoms with Crippen molar-refractivity contribution in [3.05, 3.63) is 18.2 Å². The Hall–Kier alpha value is -0.800. The molecule has 5 heteroatoms. The van der Waals surface area contributed by atoms with Crippen molar-refractivity contribution in [3.8, 4) is 5.75 Å². The van der Waals surface area contributed by atoms with Crippen molar-refractivity contribution in [2.45, 2.75) is 57.0 Å². The van der Waals surface area contributed by atoms with E-state index in [2.05, 4.69) is 21.9 Å². The maximum Gasteiger partial charge on any atom is 0.139 e. The number of halogens is 2. The van der Waals surface area contributed by atoms with Gasteiger partial charge in [0.05, 0.1) is 5.69 Å². The molecule has 0 unspecified atom stereocenters. The summed E-state index contributed by atoms with van der Waals surface area (Å²) in [5, 5.41) is 10.3. The van der Waals surface area contributed by atoms with Gasteiger partial charge in [0.25, 0.3) is 0 Å². The van der Waals surface area contributed by atoms with Gasteiger partial charge in [-0.05, 0) is 63.1 Å². The summed E-state index contributed by atoms with van der Waals surface area (Å²) in [6, 6.07) is 7.56. The van der Waals surface area contributed by atoms with Crippen molar-refractivity contribution in [2.75, 3.05) is 22.9 Å². The third kappa shape index (κ3) is 2.98. The summed E-state index contributed by atoms with van der Waals surface area (Å²) in [7, 11) is 0. The monoisotopic (exact) mass is 344 g/mol. The number of hydrogen-bond acceptors (Lipinski definition) is 3. The van der Waals surface area contributed by atoms with Gasteiger partial charge in [0.1, 0.15) is 5.75 Å². The van der Waals surface area contributed by atoms with Crippen LogP contribution >= 0.6 is 24.8 Å². The number of rotatable bonds is 2. The van der Waals surface area contributed by atoms with Crippen LogP contribution in [0.5, 0.6) is 5.75 Å². The first-order chi connectivity index (χ1) is 9.83. The van der Waals surface area contributed by atoms with E-state index in [1.165, 1.54) is 50.6 Å². The molecule has 3 nitrogen and oxygen atoms in total. The Kier molecular flexibility index (Phi) is 5.73. The second-order valence-corrected chi connectivity index (χ2v) is 6.59. The number of fused-ring (bicyclic) bond motifs is 2. The lowest BCUT2D eigenvalue weighted by atomic mass is 10.0. The van der Waals surface area contributed by atoms with Crippen LogP contribution < -0.4 is 9.80 Å². The minimum Gasteiger partial charge on any atom is -0.506 e. The molecular weight excluding hydrogens is 319 g/mol. The zero-order chi connectivity index (χ0) is 13.5. The minimum atomic E-state index is 0. The molecule has 0 spiro atoms. The highest BCUT2D eigenvalue weighted by atomic mass is 35.5. The number of anilines is 2. The van der Waals surface area contributed by atoms with Gasteiger partial charge in [-0.3, -0.25) is 0 Å². The molecule has 0 radical (unpaired) electrons. The van der Waals surface area contributed by atoms with Crippen LogP contribution in [0.1, 0.15) is 44.9 Å². The predicted octanol–water partition coefficient (Wildman–Crippen LogP) is 4.36. The molecule has 1 aromatic carbocycles. The molecule has 0 atom stereocenters. The summed E-state index contributed by atoms with van der Waals surface area (Å²) in [4.78, 5) is 4.98. The molecule has 22 heavy (non-hydrogen) atoms. The molecule has 4 rings (SSSR count). The van der Waals surface area contributed by atoms with Crippen molar-refractivity contribution in [3.63, 3.8) is 0 Å². The van der Waals surface area contributed by atoms with E-state index in [-0.39, 0.29) is 24.8 Å². The number of phenols is 1. The maximum atomic E-state index is 10.3. The largest absolute Gasteiger partial charge is 0.506 e. The maximum absolute atomic E-state index is 10.3. The van der Waals surface area contributed by atoms with Crippen molar-refractivity contribution in [1.82, 2.24) is 0 Å². The van der Waals surface area contributed by atoms with E-state index >= 15 is 0 Å². The van der Waals surface area contributed by atoms with Gasteiger partial charge in [-0.2, -0.15) is 0 Å². The fourth-order valence-electron chi connectivity index (χ4n) is 4.37. The molecule has 0 aliphatic carbocycles. The average molecular weight is 345 g/mol. The number of piperidine rings is 1. The van der Waals surface area contributed by atoms with Crippen molar-refractivity contribution in [1.29, 1.82) is 0 Å². The Bertz CT molecular complexity index is 485. The minimum absolute atomic E-state index is 0. The normalized spacial score (nSPS) is 26.5. The second kappa shape index (κ2) is 7.18. The SMILES string of the molecule is Cl.Cl.Oc1ccc(N2CCCCC2)cc1N1C2CCC1CC2. The summed E-state index contributed by atoms with van der Waals surface area (Å²) >= 11 is 0. The molecule has 0 saturated carbocycles. The van der Waals surface area contributed by atoms with Crippen LogP contribution in [-0.2, 0) is 0 Å². The van der Waals surface area contributed by atoms with Gasteiger partial charge in [0.2, 0.25) is 0 Å². The van der Waals surface area contributed by atoms with Crippen LogP contribution in [0.3, 0.4) is 0 Å². The summed E-state index contributed by atoms with van der Waals surface area (Å²) < 4.78 is 0. The topological polar surface area (TPSA) is 26.7 Å². The average Bonchev–Trinajstić information content (AvgIpc) is 3.09. The first-order valence-corrected chi connectivity index (χ1v) is 8.19. The van der Waals surface area contributed by atoms with Crippen molar-refractivity contribution >= 4 is 36.2 Å². The molecule has 3 saturated heterocycles. The van der Waals surface area contributed by atoms with Gasteiger partial charge in [0.15, 0.2) is 0 Å². The van der Waals surface area contributed by atoms with Gasteiger partial charge in [-0.1, -0.05) is 0 Å². The lowest BCUT2D eigenvalue weighted by Crippen LogP contribution is -2.31. The third-order valence-electron chi connectivity index (χ3n) is 5.41. The van der Waals surface area contributed by atoms with E-state index in [0.717, 1.165) is 18.8 Å². The molecule has 3 heterocycles. The Balaban J connectivity index is 0.000000882. The fraction of sp³-hybridized carbons (Fsp3) is 0.647.